The Bertz CT molecular complexity index is 414. The fraction of sp³-hybridized carbons (Fsp3) is 0.364. The van der Waals surface area contributed by atoms with Gasteiger partial charge in [0.25, 0.3) is 5.56 Å². The van der Waals surface area contributed by atoms with Gasteiger partial charge in [0.15, 0.2) is 0 Å². The van der Waals surface area contributed by atoms with E-state index in [1.165, 1.54) is 25.3 Å². The van der Waals surface area contributed by atoms with Crippen molar-refractivity contribution in [3.05, 3.63) is 28.7 Å². The van der Waals surface area contributed by atoms with Gasteiger partial charge in [-0.25, -0.2) is 0 Å². The standard InChI is InChI=1S/C9H10N2O4.C2H6/c1-6(12)10-7-3-2-4-11(9(7)15)5-8(13)14;1-2/h2-4H,5H2,1H3,(H,10,12)(H,13,14);1-2H3. The molecule has 2 N–H and O–H groups in total. The second-order valence-corrected chi connectivity index (χ2v) is 2.93. The van der Waals surface area contributed by atoms with Crippen molar-refractivity contribution in [1.82, 2.24) is 4.57 Å². The number of aliphatic carboxylic acids is 1. The average Bonchev–Trinajstić information content (AvgIpc) is 2.25. The zero-order valence-electron chi connectivity index (χ0n) is 10.1. The van der Waals surface area contributed by atoms with Crippen LogP contribution in [0.2, 0.25) is 0 Å². The van der Waals surface area contributed by atoms with Gasteiger partial charge in [0, 0.05) is 13.1 Å². The third-order valence-electron chi connectivity index (χ3n) is 1.64. The Kier molecular flexibility index (Phi) is 6.32. The molecular weight excluding hydrogens is 224 g/mol. The average molecular weight is 240 g/mol. The first-order chi connectivity index (χ1) is 8.00. The van der Waals surface area contributed by atoms with Gasteiger partial charge >= 0.3 is 5.97 Å². The maximum absolute atomic E-state index is 11.5. The molecule has 6 heteroatoms. The topological polar surface area (TPSA) is 88.4 Å². The van der Waals surface area contributed by atoms with Gasteiger partial charge in [-0.05, 0) is 12.1 Å². The number of carboxylic acids is 1. The molecule has 1 aromatic heterocycles. The molecule has 0 aliphatic rings. The Morgan fingerprint density at radius 3 is 2.47 bits per heavy atom. The second-order valence-electron chi connectivity index (χ2n) is 2.93. The zero-order valence-corrected chi connectivity index (χ0v) is 10.1. The predicted molar refractivity (Wildman–Crippen MR) is 64.0 cm³/mol. The molecule has 17 heavy (non-hydrogen) atoms. The van der Waals surface area contributed by atoms with Crippen LogP contribution < -0.4 is 10.9 Å². The molecule has 0 aliphatic heterocycles. The van der Waals surface area contributed by atoms with Crippen molar-refractivity contribution in [1.29, 1.82) is 0 Å². The van der Waals surface area contributed by atoms with Crippen molar-refractivity contribution < 1.29 is 14.7 Å². The number of hydrogen-bond donors (Lipinski definition) is 2. The number of anilines is 1. The number of aromatic nitrogens is 1. The van der Waals surface area contributed by atoms with E-state index >= 15 is 0 Å². The summed E-state index contributed by atoms with van der Waals surface area (Å²) in [6, 6.07) is 2.91. The summed E-state index contributed by atoms with van der Waals surface area (Å²) in [5.74, 6) is -1.49. The molecule has 0 saturated heterocycles. The lowest BCUT2D eigenvalue weighted by Crippen LogP contribution is -2.26. The predicted octanol–water partition coefficient (Wildman–Crippen LogP) is 0.917. The molecule has 6 nitrogen and oxygen atoms in total. The van der Waals surface area contributed by atoms with E-state index in [9.17, 15) is 14.4 Å². The lowest BCUT2D eigenvalue weighted by atomic mass is 10.4. The first-order valence-corrected chi connectivity index (χ1v) is 5.19. The Balaban J connectivity index is 0.00000121. The summed E-state index contributed by atoms with van der Waals surface area (Å²) in [6.07, 6.45) is 1.35. The summed E-state index contributed by atoms with van der Waals surface area (Å²) < 4.78 is 1.01. The number of nitrogens with one attached hydrogen (secondary N) is 1. The molecule has 94 valence electrons. The van der Waals surface area contributed by atoms with Crippen molar-refractivity contribution in [3.8, 4) is 0 Å². The normalized spacial score (nSPS) is 8.88. The molecule has 0 saturated carbocycles. The summed E-state index contributed by atoms with van der Waals surface area (Å²) >= 11 is 0. The number of carbonyl (C=O) groups is 2. The van der Waals surface area contributed by atoms with Crippen molar-refractivity contribution in [2.45, 2.75) is 27.3 Å². The highest BCUT2D eigenvalue weighted by atomic mass is 16.4. The quantitative estimate of drug-likeness (QED) is 0.822. The maximum atomic E-state index is 11.5. The molecule has 1 aromatic rings. The maximum Gasteiger partial charge on any atom is 0.323 e. The van der Waals surface area contributed by atoms with Crippen LogP contribution in [0, 0.1) is 0 Å². The van der Waals surface area contributed by atoms with E-state index in [0.29, 0.717) is 0 Å². The number of amides is 1. The molecule has 1 rings (SSSR count). The highest BCUT2D eigenvalue weighted by Crippen LogP contribution is 1.98. The third-order valence-corrected chi connectivity index (χ3v) is 1.64. The van der Waals surface area contributed by atoms with Crippen LogP contribution in [0.3, 0.4) is 0 Å². The van der Waals surface area contributed by atoms with Gasteiger partial charge in [-0.2, -0.15) is 0 Å². The molecule has 0 atom stereocenters. The minimum absolute atomic E-state index is 0.0752. The van der Waals surface area contributed by atoms with Crippen LogP contribution in [0.4, 0.5) is 5.69 Å². The van der Waals surface area contributed by atoms with Crippen LogP contribution in [-0.2, 0) is 16.1 Å². The van der Waals surface area contributed by atoms with E-state index in [2.05, 4.69) is 5.32 Å². The summed E-state index contributed by atoms with van der Waals surface area (Å²) in [5, 5.41) is 10.8. The lowest BCUT2D eigenvalue weighted by molar-refractivity contribution is -0.137. The van der Waals surface area contributed by atoms with Crippen LogP contribution in [0.15, 0.2) is 23.1 Å². The molecule has 0 aromatic carbocycles. The van der Waals surface area contributed by atoms with E-state index < -0.39 is 18.1 Å². The Hall–Kier alpha value is -2.11. The minimum Gasteiger partial charge on any atom is -0.480 e. The van der Waals surface area contributed by atoms with Crippen molar-refractivity contribution in [3.63, 3.8) is 0 Å². The van der Waals surface area contributed by atoms with Gasteiger partial charge < -0.3 is 15.0 Å². The minimum atomic E-state index is -1.11. The van der Waals surface area contributed by atoms with E-state index in [-0.39, 0.29) is 11.6 Å². The van der Waals surface area contributed by atoms with Crippen LogP contribution in [0.1, 0.15) is 20.8 Å². The van der Waals surface area contributed by atoms with Gasteiger partial charge in [-0.1, -0.05) is 13.8 Å². The molecule has 1 heterocycles. The number of rotatable bonds is 3. The number of hydrogen-bond acceptors (Lipinski definition) is 3. The molecule has 0 radical (unpaired) electrons. The summed E-state index contributed by atoms with van der Waals surface area (Å²) in [4.78, 5) is 32.7. The Morgan fingerprint density at radius 2 is 2.00 bits per heavy atom. The molecule has 0 bridgehead atoms. The number of carboxylic acid groups (broad SMARTS) is 1. The molecule has 0 spiro atoms. The van der Waals surface area contributed by atoms with Gasteiger partial charge in [-0.15, -0.1) is 0 Å². The monoisotopic (exact) mass is 240 g/mol. The van der Waals surface area contributed by atoms with Gasteiger partial charge in [0.1, 0.15) is 12.2 Å². The molecule has 0 fully saturated rings. The Labute approximate surface area is 98.9 Å². The van der Waals surface area contributed by atoms with Gasteiger partial charge in [-0.3, -0.25) is 14.4 Å². The fourth-order valence-corrected chi connectivity index (χ4v) is 1.09. The summed E-state index contributed by atoms with van der Waals surface area (Å²) in [7, 11) is 0. The lowest BCUT2D eigenvalue weighted by Gasteiger charge is -2.05. The second kappa shape index (κ2) is 7.21. The smallest absolute Gasteiger partial charge is 0.323 e. The van der Waals surface area contributed by atoms with Crippen molar-refractivity contribution in [2.24, 2.45) is 0 Å². The number of pyridine rings is 1. The number of nitrogens with zero attached hydrogens (tertiary/aromatic N) is 1. The molecule has 0 aliphatic carbocycles. The summed E-state index contributed by atoms with van der Waals surface area (Å²) in [5.41, 5.74) is -0.457. The van der Waals surface area contributed by atoms with Crippen LogP contribution in [-0.4, -0.2) is 21.6 Å². The fourth-order valence-electron chi connectivity index (χ4n) is 1.09. The highest BCUT2D eigenvalue weighted by Gasteiger charge is 2.06. The van der Waals surface area contributed by atoms with E-state index in [0.717, 1.165) is 4.57 Å². The molecule has 0 unspecified atom stereocenters. The highest BCUT2D eigenvalue weighted by molar-refractivity contribution is 5.88. The third kappa shape index (κ3) is 4.96. The first kappa shape index (κ1) is 14.9. The zero-order chi connectivity index (χ0) is 13.4. The molecular formula is C11H16N2O4. The van der Waals surface area contributed by atoms with Crippen LogP contribution >= 0.6 is 0 Å². The van der Waals surface area contributed by atoms with Crippen molar-refractivity contribution in [2.75, 3.05) is 5.32 Å². The van der Waals surface area contributed by atoms with E-state index in [4.69, 9.17) is 5.11 Å². The van der Waals surface area contributed by atoms with Gasteiger partial charge in [0.2, 0.25) is 5.91 Å². The van der Waals surface area contributed by atoms with Gasteiger partial charge in [0.05, 0.1) is 0 Å². The Morgan fingerprint density at radius 1 is 1.41 bits per heavy atom. The first-order valence-electron chi connectivity index (χ1n) is 5.19. The number of carbonyl (C=O) groups excluding carboxylic acids is 1. The largest absolute Gasteiger partial charge is 0.480 e. The van der Waals surface area contributed by atoms with Crippen LogP contribution in [0.25, 0.3) is 0 Å². The SMILES string of the molecule is CC.CC(=O)Nc1cccn(CC(=O)O)c1=O. The van der Waals surface area contributed by atoms with Crippen molar-refractivity contribution >= 4 is 17.6 Å². The summed E-state index contributed by atoms with van der Waals surface area (Å²) in [6.45, 7) is 4.85. The van der Waals surface area contributed by atoms with E-state index in [1.54, 1.807) is 0 Å². The van der Waals surface area contributed by atoms with E-state index in [1.807, 2.05) is 13.8 Å². The van der Waals surface area contributed by atoms with Crippen LogP contribution in [0.5, 0.6) is 0 Å². The molecule has 1 amide bonds.